The SMILES string of the molecule is CC#CCn1c(N2CCC[C@@H](N)C2)nc2c1c(=O)n(Cc1ccc(OC)cn1)c(=O)n2C. The van der Waals surface area contributed by atoms with Crippen LogP contribution in [0.15, 0.2) is 27.9 Å². The molecule has 10 heteroatoms. The van der Waals surface area contributed by atoms with Crippen molar-refractivity contribution in [1.82, 2.24) is 23.7 Å². The molecule has 1 atom stereocenters. The Kier molecular flexibility index (Phi) is 6.01. The summed E-state index contributed by atoms with van der Waals surface area (Å²) in [4.78, 5) is 37.6. The number of aryl methyl sites for hydroxylation is 1. The first kappa shape index (κ1) is 21.6. The predicted molar refractivity (Wildman–Crippen MR) is 122 cm³/mol. The number of aromatic nitrogens is 5. The highest BCUT2D eigenvalue weighted by molar-refractivity contribution is 5.75. The highest BCUT2D eigenvalue weighted by Gasteiger charge is 2.26. The molecule has 0 radical (unpaired) electrons. The van der Waals surface area contributed by atoms with Crippen LogP contribution in [-0.4, -0.2) is 49.9 Å². The molecule has 1 aliphatic heterocycles. The standard InChI is InChI=1S/C22H27N7O3/c1-4-5-11-28-18-19(25-21(28)27-10-6-7-15(23)13-27)26(2)22(31)29(20(18)30)14-16-8-9-17(32-3)12-24-16/h8-9,12,15H,6-7,10-11,13-14,23H2,1-3H3/t15-/m1/s1. The van der Waals surface area contributed by atoms with E-state index in [0.717, 1.165) is 19.4 Å². The lowest BCUT2D eigenvalue weighted by Crippen LogP contribution is -2.44. The van der Waals surface area contributed by atoms with Gasteiger partial charge in [-0.15, -0.1) is 5.92 Å². The number of hydrogen-bond acceptors (Lipinski definition) is 7. The zero-order chi connectivity index (χ0) is 22.8. The van der Waals surface area contributed by atoms with Crippen LogP contribution in [0.25, 0.3) is 11.2 Å². The second-order valence-corrected chi connectivity index (χ2v) is 7.87. The molecule has 0 amide bonds. The molecule has 4 rings (SSSR count). The van der Waals surface area contributed by atoms with Crippen LogP contribution in [0.1, 0.15) is 25.5 Å². The Balaban J connectivity index is 1.88. The number of methoxy groups -OCH3 is 1. The minimum absolute atomic E-state index is 0.0379. The molecule has 0 unspecified atom stereocenters. The fourth-order valence-corrected chi connectivity index (χ4v) is 4.03. The first-order valence-corrected chi connectivity index (χ1v) is 10.5. The second kappa shape index (κ2) is 8.88. The Morgan fingerprint density at radius 2 is 2.09 bits per heavy atom. The number of fused-ring (bicyclic) bond motifs is 1. The lowest BCUT2D eigenvalue weighted by atomic mass is 10.1. The molecule has 0 aliphatic carbocycles. The highest BCUT2D eigenvalue weighted by Crippen LogP contribution is 2.22. The average Bonchev–Trinajstić information content (AvgIpc) is 3.19. The molecule has 2 N–H and O–H groups in total. The summed E-state index contributed by atoms with van der Waals surface area (Å²) in [7, 11) is 3.18. The van der Waals surface area contributed by atoms with Gasteiger partial charge in [0.15, 0.2) is 11.2 Å². The van der Waals surface area contributed by atoms with Crippen molar-refractivity contribution in [3.05, 3.63) is 44.9 Å². The van der Waals surface area contributed by atoms with Gasteiger partial charge < -0.3 is 15.4 Å². The molecule has 1 aliphatic rings. The highest BCUT2D eigenvalue weighted by atomic mass is 16.5. The van der Waals surface area contributed by atoms with E-state index in [2.05, 4.69) is 21.7 Å². The molecule has 0 spiro atoms. The van der Waals surface area contributed by atoms with Crippen molar-refractivity contribution in [2.24, 2.45) is 12.8 Å². The van der Waals surface area contributed by atoms with E-state index in [4.69, 9.17) is 15.5 Å². The molecule has 168 valence electrons. The molecule has 10 nitrogen and oxygen atoms in total. The van der Waals surface area contributed by atoms with Gasteiger partial charge in [-0.2, -0.15) is 4.98 Å². The van der Waals surface area contributed by atoms with Crippen LogP contribution in [-0.2, 0) is 20.1 Å². The van der Waals surface area contributed by atoms with Gasteiger partial charge in [0.05, 0.1) is 32.1 Å². The monoisotopic (exact) mass is 437 g/mol. The maximum absolute atomic E-state index is 13.5. The average molecular weight is 438 g/mol. The quantitative estimate of drug-likeness (QED) is 0.571. The number of imidazole rings is 1. The number of hydrogen-bond donors (Lipinski definition) is 1. The predicted octanol–water partition coefficient (Wildman–Crippen LogP) is 0.299. The lowest BCUT2D eigenvalue weighted by molar-refractivity contribution is 0.412. The van der Waals surface area contributed by atoms with Gasteiger partial charge in [-0.3, -0.25) is 23.5 Å². The van der Waals surface area contributed by atoms with Crippen molar-refractivity contribution < 1.29 is 4.74 Å². The summed E-state index contributed by atoms with van der Waals surface area (Å²) >= 11 is 0. The summed E-state index contributed by atoms with van der Waals surface area (Å²) in [5.74, 6) is 7.13. The molecule has 1 fully saturated rings. The summed E-state index contributed by atoms with van der Waals surface area (Å²) in [5, 5.41) is 0. The molecular formula is C22H27N7O3. The minimum atomic E-state index is -0.451. The van der Waals surface area contributed by atoms with Gasteiger partial charge in [-0.1, -0.05) is 5.92 Å². The van der Waals surface area contributed by atoms with E-state index in [1.807, 2.05) is 0 Å². The van der Waals surface area contributed by atoms with Crippen LogP contribution in [0, 0.1) is 11.8 Å². The topological polar surface area (TPSA) is 113 Å². The molecular weight excluding hydrogens is 410 g/mol. The van der Waals surface area contributed by atoms with E-state index in [1.165, 1.54) is 9.13 Å². The number of anilines is 1. The van der Waals surface area contributed by atoms with Crippen molar-refractivity contribution in [3.63, 3.8) is 0 Å². The van der Waals surface area contributed by atoms with Gasteiger partial charge >= 0.3 is 5.69 Å². The summed E-state index contributed by atoms with van der Waals surface area (Å²) in [6.45, 7) is 3.51. The normalized spacial score (nSPS) is 16.1. The summed E-state index contributed by atoms with van der Waals surface area (Å²) in [5.41, 5.74) is 6.57. The van der Waals surface area contributed by atoms with Crippen molar-refractivity contribution in [2.75, 3.05) is 25.1 Å². The number of pyridine rings is 1. The van der Waals surface area contributed by atoms with Crippen molar-refractivity contribution in [2.45, 2.75) is 38.9 Å². The van der Waals surface area contributed by atoms with Crippen molar-refractivity contribution in [3.8, 4) is 17.6 Å². The Bertz CT molecular complexity index is 1310. The maximum Gasteiger partial charge on any atom is 0.332 e. The van der Waals surface area contributed by atoms with E-state index in [-0.39, 0.29) is 12.6 Å². The summed E-state index contributed by atoms with van der Waals surface area (Å²) in [6.07, 6.45) is 3.45. The summed E-state index contributed by atoms with van der Waals surface area (Å²) < 4.78 is 9.51. The minimum Gasteiger partial charge on any atom is -0.495 e. The molecule has 0 aromatic carbocycles. The number of nitrogens with zero attached hydrogens (tertiary/aromatic N) is 6. The Hall–Kier alpha value is -3.58. The van der Waals surface area contributed by atoms with Crippen molar-refractivity contribution in [1.29, 1.82) is 0 Å². The van der Waals surface area contributed by atoms with E-state index in [1.54, 1.807) is 44.0 Å². The fourth-order valence-electron chi connectivity index (χ4n) is 4.03. The molecule has 32 heavy (non-hydrogen) atoms. The van der Waals surface area contributed by atoms with E-state index < -0.39 is 11.2 Å². The van der Waals surface area contributed by atoms with Crippen LogP contribution in [0.5, 0.6) is 5.75 Å². The zero-order valence-corrected chi connectivity index (χ0v) is 18.5. The second-order valence-electron chi connectivity index (χ2n) is 7.87. The lowest BCUT2D eigenvalue weighted by Gasteiger charge is -2.31. The van der Waals surface area contributed by atoms with E-state index in [0.29, 0.717) is 41.6 Å². The first-order chi connectivity index (χ1) is 15.4. The van der Waals surface area contributed by atoms with Gasteiger partial charge in [0.1, 0.15) is 5.75 Å². The molecule has 3 aromatic rings. The zero-order valence-electron chi connectivity index (χ0n) is 18.5. The van der Waals surface area contributed by atoms with Gasteiger partial charge in [-0.25, -0.2) is 4.79 Å². The number of ether oxygens (including phenoxy) is 1. The van der Waals surface area contributed by atoms with Crippen molar-refractivity contribution >= 4 is 17.1 Å². The van der Waals surface area contributed by atoms with Gasteiger partial charge in [0.2, 0.25) is 5.95 Å². The molecule has 4 heterocycles. The Morgan fingerprint density at radius 3 is 2.75 bits per heavy atom. The van der Waals surface area contributed by atoms with Crippen LogP contribution in [0.3, 0.4) is 0 Å². The van der Waals surface area contributed by atoms with E-state index >= 15 is 0 Å². The number of nitrogens with two attached hydrogens (primary N) is 1. The first-order valence-electron chi connectivity index (χ1n) is 10.5. The van der Waals surface area contributed by atoms with Gasteiger partial charge in [0.25, 0.3) is 5.56 Å². The largest absolute Gasteiger partial charge is 0.495 e. The number of piperidine rings is 1. The maximum atomic E-state index is 13.5. The third-order valence-corrected chi connectivity index (χ3v) is 5.72. The number of rotatable bonds is 5. The third kappa shape index (κ3) is 3.87. The van der Waals surface area contributed by atoms with Gasteiger partial charge in [0, 0.05) is 26.2 Å². The van der Waals surface area contributed by atoms with Crippen LogP contribution in [0.2, 0.25) is 0 Å². The van der Waals surface area contributed by atoms with Crippen LogP contribution >= 0.6 is 0 Å². The molecule has 3 aromatic heterocycles. The third-order valence-electron chi connectivity index (χ3n) is 5.72. The fraction of sp³-hybridized carbons (Fsp3) is 0.455. The Morgan fingerprint density at radius 1 is 1.28 bits per heavy atom. The van der Waals surface area contributed by atoms with E-state index in [9.17, 15) is 9.59 Å². The molecule has 0 saturated carbocycles. The van der Waals surface area contributed by atoms with Crippen LogP contribution < -0.4 is 26.6 Å². The van der Waals surface area contributed by atoms with Crippen LogP contribution in [0.4, 0.5) is 5.95 Å². The molecule has 0 bridgehead atoms. The Labute approximate surface area is 185 Å². The molecule has 1 saturated heterocycles. The van der Waals surface area contributed by atoms with Gasteiger partial charge in [-0.05, 0) is 31.9 Å². The summed E-state index contributed by atoms with van der Waals surface area (Å²) in [6, 6.07) is 3.51. The smallest absolute Gasteiger partial charge is 0.332 e.